The lowest BCUT2D eigenvalue weighted by atomic mass is 10.1. The van der Waals surface area contributed by atoms with Crippen LogP contribution < -0.4 is 10.1 Å². The van der Waals surface area contributed by atoms with Crippen LogP contribution in [-0.4, -0.2) is 31.0 Å². The minimum atomic E-state index is -0.0865. The Morgan fingerprint density at radius 1 is 1.00 bits per heavy atom. The number of fused-ring (bicyclic) bond motifs is 3. The SMILES string of the molecule is CCN(CC(=O)Nc1cc2oc3ccccc3c2cc1OC)Cc1ccccc1. The summed E-state index contributed by atoms with van der Waals surface area (Å²) in [5.74, 6) is 0.528. The number of hydrogen-bond donors (Lipinski definition) is 1. The van der Waals surface area contributed by atoms with Crippen molar-refractivity contribution in [2.75, 3.05) is 25.5 Å². The predicted molar refractivity (Wildman–Crippen MR) is 116 cm³/mol. The molecule has 5 nitrogen and oxygen atoms in total. The van der Waals surface area contributed by atoms with Crippen LogP contribution in [0.1, 0.15) is 12.5 Å². The zero-order valence-corrected chi connectivity index (χ0v) is 16.6. The van der Waals surface area contributed by atoms with Gasteiger partial charge in [-0.15, -0.1) is 0 Å². The van der Waals surface area contributed by atoms with Crippen LogP contribution in [0.3, 0.4) is 0 Å². The summed E-state index contributed by atoms with van der Waals surface area (Å²) in [7, 11) is 1.60. The zero-order chi connectivity index (χ0) is 20.2. The van der Waals surface area contributed by atoms with Crippen molar-refractivity contribution in [3.05, 3.63) is 72.3 Å². The monoisotopic (exact) mass is 388 g/mol. The van der Waals surface area contributed by atoms with Crippen molar-refractivity contribution in [3.63, 3.8) is 0 Å². The second kappa shape index (κ2) is 8.37. The number of carbonyl (C=O) groups is 1. The summed E-state index contributed by atoms with van der Waals surface area (Å²) in [4.78, 5) is 14.8. The molecule has 1 aromatic heterocycles. The molecule has 0 spiro atoms. The Morgan fingerprint density at radius 3 is 2.52 bits per heavy atom. The number of nitrogens with one attached hydrogen (secondary N) is 1. The average Bonchev–Trinajstić information content (AvgIpc) is 3.10. The van der Waals surface area contributed by atoms with Crippen LogP contribution in [0.25, 0.3) is 21.9 Å². The number of hydrogen-bond acceptors (Lipinski definition) is 4. The van der Waals surface area contributed by atoms with Crippen LogP contribution in [0, 0.1) is 0 Å². The third-order valence-electron chi connectivity index (χ3n) is 5.04. The number of furan rings is 1. The van der Waals surface area contributed by atoms with Gasteiger partial charge in [0.15, 0.2) is 0 Å². The highest BCUT2D eigenvalue weighted by Crippen LogP contribution is 2.36. The largest absolute Gasteiger partial charge is 0.495 e. The number of rotatable bonds is 7. The standard InChI is InChI=1S/C24H24N2O3/c1-3-26(15-17-9-5-4-6-10-17)16-24(27)25-20-14-22-19(13-23(20)28-2)18-11-7-8-12-21(18)29-22/h4-14H,3,15-16H2,1-2H3,(H,25,27). The van der Waals surface area contributed by atoms with E-state index in [9.17, 15) is 4.79 Å². The van der Waals surface area contributed by atoms with Gasteiger partial charge in [-0.25, -0.2) is 0 Å². The molecule has 148 valence electrons. The number of methoxy groups -OCH3 is 1. The van der Waals surface area contributed by atoms with Crippen LogP contribution in [0.5, 0.6) is 5.75 Å². The van der Waals surface area contributed by atoms with Crippen molar-refractivity contribution in [3.8, 4) is 5.75 Å². The van der Waals surface area contributed by atoms with E-state index in [4.69, 9.17) is 9.15 Å². The van der Waals surface area contributed by atoms with Crippen LogP contribution >= 0.6 is 0 Å². The number of anilines is 1. The quantitative estimate of drug-likeness (QED) is 0.481. The third kappa shape index (κ3) is 4.10. The first kappa shape index (κ1) is 19.0. The minimum absolute atomic E-state index is 0.0865. The van der Waals surface area contributed by atoms with Crippen LogP contribution in [0.15, 0.2) is 71.1 Å². The molecule has 29 heavy (non-hydrogen) atoms. The van der Waals surface area contributed by atoms with E-state index in [-0.39, 0.29) is 5.91 Å². The van der Waals surface area contributed by atoms with E-state index in [1.807, 2.05) is 54.6 Å². The highest BCUT2D eigenvalue weighted by Gasteiger charge is 2.15. The Kier molecular flexibility index (Phi) is 5.49. The molecule has 0 aliphatic carbocycles. The predicted octanol–water partition coefficient (Wildman–Crippen LogP) is 5.06. The van der Waals surface area contributed by atoms with Crippen LogP contribution in [-0.2, 0) is 11.3 Å². The molecule has 1 N–H and O–H groups in total. The first-order valence-corrected chi connectivity index (χ1v) is 9.73. The van der Waals surface area contributed by atoms with Gasteiger partial charge < -0.3 is 14.5 Å². The molecule has 0 atom stereocenters. The Balaban J connectivity index is 1.54. The van der Waals surface area contributed by atoms with E-state index in [0.717, 1.165) is 35.0 Å². The maximum absolute atomic E-state index is 12.7. The number of para-hydroxylation sites is 1. The molecule has 0 radical (unpaired) electrons. The fraction of sp³-hybridized carbons (Fsp3) is 0.208. The molecule has 0 unspecified atom stereocenters. The van der Waals surface area contributed by atoms with E-state index in [1.165, 1.54) is 5.56 Å². The van der Waals surface area contributed by atoms with Crippen molar-refractivity contribution in [2.45, 2.75) is 13.5 Å². The smallest absolute Gasteiger partial charge is 0.238 e. The summed E-state index contributed by atoms with van der Waals surface area (Å²) < 4.78 is 11.5. The molecule has 0 aliphatic rings. The van der Waals surface area contributed by atoms with Crippen molar-refractivity contribution in [1.82, 2.24) is 4.90 Å². The van der Waals surface area contributed by atoms with Crippen LogP contribution in [0.4, 0.5) is 5.69 Å². The van der Waals surface area contributed by atoms with E-state index < -0.39 is 0 Å². The molecule has 0 saturated heterocycles. The van der Waals surface area contributed by atoms with Crippen molar-refractivity contribution in [1.29, 1.82) is 0 Å². The summed E-state index contributed by atoms with van der Waals surface area (Å²) in [5.41, 5.74) is 3.33. The fourth-order valence-electron chi connectivity index (χ4n) is 3.53. The summed E-state index contributed by atoms with van der Waals surface area (Å²) in [6.07, 6.45) is 0. The molecule has 4 aromatic rings. The second-order valence-corrected chi connectivity index (χ2v) is 6.98. The second-order valence-electron chi connectivity index (χ2n) is 6.98. The zero-order valence-electron chi connectivity index (χ0n) is 16.6. The van der Waals surface area contributed by atoms with E-state index in [0.29, 0.717) is 18.0 Å². The number of likely N-dealkylation sites (N-methyl/N-ethyl adjacent to an activating group) is 1. The molecule has 5 heteroatoms. The third-order valence-corrected chi connectivity index (χ3v) is 5.04. The molecular formula is C24H24N2O3. The van der Waals surface area contributed by atoms with Crippen molar-refractivity contribution < 1.29 is 13.9 Å². The summed E-state index contributed by atoms with van der Waals surface area (Å²) in [5, 5.41) is 4.98. The van der Waals surface area contributed by atoms with Gasteiger partial charge in [0.2, 0.25) is 5.91 Å². The number of ether oxygens (including phenoxy) is 1. The van der Waals surface area contributed by atoms with Gasteiger partial charge in [-0.2, -0.15) is 0 Å². The molecule has 0 aliphatic heterocycles. The topological polar surface area (TPSA) is 54.7 Å². The van der Waals surface area contributed by atoms with E-state index in [2.05, 4.69) is 29.3 Å². The van der Waals surface area contributed by atoms with Gasteiger partial charge in [0.25, 0.3) is 0 Å². The van der Waals surface area contributed by atoms with E-state index >= 15 is 0 Å². The van der Waals surface area contributed by atoms with Gasteiger partial charge in [0.05, 0.1) is 19.3 Å². The van der Waals surface area contributed by atoms with Gasteiger partial charge in [0, 0.05) is 23.4 Å². The first-order chi connectivity index (χ1) is 14.2. The highest BCUT2D eigenvalue weighted by atomic mass is 16.5. The molecular weight excluding hydrogens is 364 g/mol. The van der Waals surface area contributed by atoms with Gasteiger partial charge in [-0.1, -0.05) is 55.5 Å². The molecule has 1 heterocycles. The Labute approximate surface area is 169 Å². The first-order valence-electron chi connectivity index (χ1n) is 9.73. The van der Waals surface area contributed by atoms with Gasteiger partial charge >= 0.3 is 0 Å². The lowest BCUT2D eigenvalue weighted by molar-refractivity contribution is -0.117. The Bertz CT molecular complexity index is 1140. The number of benzene rings is 3. The number of carbonyl (C=O) groups excluding carboxylic acids is 1. The summed E-state index contributed by atoms with van der Waals surface area (Å²) in [6.45, 7) is 3.86. The Morgan fingerprint density at radius 2 is 1.76 bits per heavy atom. The summed E-state index contributed by atoms with van der Waals surface area (Å²) >= 11 is 0. The normalized spacial score (nSPS) is 11.3. The average molecular weight is 388 g/mol. The van der Waals surface area contributed by atoms with Gasteiger partial charge in [-0.3, -0.25) is 9.69 Å². The molecule has 0 saturated carbocycles. The fourth-order valence-corrected chi connectivity index (χ4v) is 3.53. The summed E-state index contributed by atoms with van der Waals surface area (Å²) in [6, 6.07) is 21.8. The lowest BCUT2D eigenvalue weighted by Gasteiger charge is -2.20. The maximum Gasteiger partial charge on any atom is 0.238 e. The molecule has 0 bridgehead atoms. The van der Waals surface area contributed by atoms with Crippen molar-refractivity contribution >= 4 is 33.5 Å². The lowest BCUT2D eigenvalue weighted by Crippen LogP contribution is -2.32. The van der Waals surface area contributed by atoms with Gasteiger partial charge in [-0.05, 0) is 24.2 Å². The molecule has 4 rings (SSSR count). The maximum atomic E-state index is 12.7. The minimum Gasteiger partial charge on any atom is -0.495 e. The number of nitrogens with zero attached hydrogens (tertiary/aromatic N) is 1. The van der Waals surface area contributed by atoms with Crippen LogP contribution in [0.2, 0.25) is 0 Å². The molecule has 3 aromatic carbocycles. The molecule has 1 amide bonds. The van der Waals surface area contributed by atoms with E-state index in [1.54, 1.807) is 7.11 Å². The highest BCUT2D eigenvalue weighted by molar-refractivity contribution is 6.07. The van der Waals surface area contributed by atoms with Gasteiger partial charge in [0.1, 0.15) is 16.9 Å². The Hall–Kier alpha value is -3.31. The number of amides is 1. The molecule has 0 fully saturated rings. The van der Waals surface area contributed by atoms with Crippen molar-refractivity contribution in [2.24, 2.45) is 0 Å².